The number of ether oxygens (including phenoxy) is 1. The van der Waals surface area contributed by atoms with E-state index in [4.69, 9.17) is 4.74 Å². The van der Waals surface area contributed by atoms with Gasteiger partial charge in [-0.3, -0.25) is 0 Å². The fourth-order valence-corrected chi connectivity index (χ4v) is 4.06. The molecule has 4 rings (SSSR count). The van der Waals surface area contributed by atoms with Crippen molar-refractivity contribution < 1.29 is 4.74 Å². The van der Waals surface area contributed by atoms with Crippen molar-refractivity contribution in [2.24, 2.45) is 0 Å². The predicted octanol–water partition coefficient (Wildman–Crippen LogP) is 4.14. The Kier molecular flexibility index (Phi) is 4.49. The van der Waals surface area contributed by atoms with Gasteiger partial charge >= 0.3 is 0 Å². The molecule has 0 bridgehead atoms. The Morgan fingerprint density at radius 3 is 3.00 bits per heavy atom. The van der Waals surface area contributed by atoms with Gasteiger partial charge in [0.2, 0.25) is 0 Å². The highest BCUT2D eigenvalue weighted by molar-refractivity contribution is 7.13. The van der Waals surface area contributed by atoms with Crippen LogP contribution < -0.4 is 5.32 Å². The minimum Gasteiger partial charge on any atom is -0.376 e. The Labute approximate surface area is 145 Å². The maximum Gasteiger partial charge on any atom is 0.154 e. The third-order valence-corrected chi connectivity index (χ3v) is 5.48. The number of anilines is 1. The molecule has 6 heteroatoms. The van der Waals surface area contributed by atoms with E-state index >= 15 is 0 Å². The zero-order valence-electron chi connectivity index (χ0n) is 13.9. The van der Waals surface area contributed by atoms with Crippen molar-refractivity contribution in [2.75, 3.05) is 18.5 Å². The summed E-state index contributed by atoms with van der Waals surface area (Å²) in [6, 6.07) is 6.14. The molecule has 3 aromatic heterocycles. The lowest BCUT2D eigenvalue weighted by atomic mass is 10.3. The number of hydrogen-bond acceptors (Lipinski definition) is 5. The predicted molar refractivity (Wildman–Crippen MR) is 97.7 cm³/mol. The van der Waals surface area contributed by atoms with Crippen LogP contribution >= 0.6 is 11.3 Å². The molecular formula is C18H22N4OS. The topological polar surface area (TPSA) is 51.5 Å². The number of nitrogens with one attached hydrogen (secondary N) is 1. The van der Waals surface area contributed by atoms with E-state index in [0.29, 0.717) is 6.10 Å². The van der Waals surface area contributed by atoms with Crippen LogP contribution in [0, 0.1) is 6.92 Å². The van der Waals surface area contributed by atoms with Gasteiger partial charge in [-0.05, 0) is 48.9 Å². The van der Waals surface area contributed by atoms with Crippen LogP contribution in [0.2, 0.25) is 0 Å². The lowest BCUT2D eigenvalue weighted by Gasteiger charge is -2.11. The second-order valence-corrected chi connectivity index (χ2v) is 7.24. The molecule has 5 nitrogen and oxygen atoms in total. The Morgan fingerprint density at radius 1 is 1.33 bits per heavy atom. The van der Waals surface area contributed by atoms with Gasteiger partial charge in [0.05, 0.1) is 23.8 Å². The first kappa shape index (κ1) is 15.6. The normalized spacial score (nSPS) is 15.4. The summed E-state index contributed by atoms with van der Waals surface area (Å²) in [6.07, 6.45) is 7.39. The highest BCUT2D eigenvalue weighted by Crippen LogP contribution is 2.27. The average molecular weight is 342 g/mol. The summed E-state index contributed by atoms with van der Waals surface area (Å²) in [6.45, 7) is 3.61. The number of hydrogen-bond donors (Lipinski definition) is 1. The van der Waals surface area contributed by atoms with Gasteiger partial charge in [-0.15, -0.1) is 16.4 Å². The van der Waals surface area contributed by atoms with E-state index in [1.807, 2.05) is 22.8 Å². The third kappa shape index (κ3) is 3.30. The zero-order valence-corrected chi connectivity index (χ0v) is 14.7. The van der Waals surface area contributed by atoms with E-state index < -0.39 is 0 Å². The number of thiophene rings is 1. The fraction of sp³-hybridized carbons (Fsp3) is 0.444. The van der Waals surface area contributed by atoms with Crippen LogP contribution in [0.1, 0.15) is 31.2 Å². The summed E-state index contributed by atoms with van der Waals surface area (Å²) in [7, 11) is 0. The number of aromatic nitrogens is 3. The van der Waals surface area contributed by atoms with E-state index in [2.05, 4.69) is 33.8 Å². The SMILES string of the molecule is Cc1csc(-c2cnc3ccc(NCCOC4CCCC4)nn23)c1. The Hall–Kier alpha value is -1.92. The molecule has 1 aliphatic rings. The van der Waals surface area contributed by atoms with Crippen molar-refractivity contribution in [2.45, 2.75) is 38.7 Å². The molecule has 1 saturated carbocycles. The maximum atomic E-state index is 5.89. The molecule has 0 radical (unpaired) electrons. The molecule has 126 valence electrons. The highest BCUT2D eigenvalue weighted by Gasteiger charge is 2.14. The molecule has 0 atom stereocenters. The molecular weight excluding hydrogens is 320 g/mol. The fourth-order valence-electron chi connectivity index (χ4n) is 3.16. The number of aryl methyl sites for hydroxylation is 1. The number of rotatable bonds is 6. The first-order valence-corrected chi connectivity index (χ1v) is 9.43. The molecule has 24 heavy (non-hydrogen) atoms. The van der Waals surface area contributed by atoms with Gasteiger partial charge in [0.15, 0.2) is 5.65 Å². The monoisotopic (exact) mass is 342 g/mol. The molecule has 1 fully saturated rings. The standard InChI is InChI=1S/C18H22N4OS/c1-13-10-16(24-12-13)15-11-20-18-7-6-17(21-22(15)18)19-8-9-23-14-4-2-3-5-14/h6-7,10-12,14H,2-5,8-9H2,1H3,(H,19,21). The van der Waals surface area contributed by atoms with Gasteiger partial charge in [0.25, 0.3) is 0 Å². The van der Waals surface area contributed by atoms with Crippen LogP contribution in [0.5, 0.6) is 0 Å². The van der Waals surface area contributed by atoms with Crippen LogP contribution in [0.3, 0.4) is 0 Å². The highest BCUT2D eigenvalue weighted by atomic mass is 32.1. The Morgan fingerprint density at radius 2 is 2.21 bits per heavy atom. The largest absolute Gasteiger partial charge is 0.376 e. The van der Waals surface area contributed by atoms with Gasteiger partial charge in [-0.2, -0.15) is 0 Å². The minimum atomic E-state index is 0.463. The van der Waals surface area contributed by atoms with Crippen LogP contribution in [0.25, 0.3) is 16.2 Å². The second-order valence-electron chi connectivity index (χ2n) is 6.32. The quantitative estimate of drug-likeness (QED) is 0.684. The summed E-state index contributed by atoms with van der Waals surface area (Å²) in [5.74, 6) is 0.852. The minimum absolute atomic E-state index is 0.463. The Bertz CT molecular complexity index is 819. The van der Waals surface area contributed by atoms with E-state index in [-0.39, 0.29) is 0 Å². The van der Waals surface area contributed by atoms with Gasteiger partial charge in [-0.25, -0.2) is 9.50 Å². The van der Waals surface area contributed by atoms with Gasteiger partial charge in [-0.1, -0.05) is 12.8 Å². The van der Waals surface area contributed by atoms with E-state index in [9.17, 15) is 0 Å². The number of nitrogens with zero attached hydrogens (tertiary/aromatic N) is 3. The molecule has 0 amide bonds. The average Bonchev–Trinajstić information content (AvgIpc) is 3.31. The lowest BCUT2D eigenvalue weighted by Crippen LogP contribution is -2.16. The van der Waals surface area contributed by atoms with Crippen molar-refractivity contribution in [3.05, 3.63) is 35.3 Å². The van der Waals surface area contributed by atoms with Crippen molar-refractivity contribution in [1.82, 2.24) is 14.6 Å². The van der Waals surface area contributed by atoms with Gasteiger partial charge < -0.3 is 10.1 Å². The zero-order chi connectivity index (χ0) is 16.4. The van der Waals surface area contributed by atoms with Crippen LogP contribution in [0.15, 0.2) is 29.8 Å². The maximum absolute atomic E-state index is 5.89. The Balaban J connectivity index is 1.44. The van der Waals surface area contributed by atoms with Crippen LogP contribution in [-0.2, 0) is 4.74 Å². The van der Waals surface area contributed by atoms with Gasteiger partial charge in [0.1, 0.15) is 11.5 Å². The van der Waals surface area contributed by atoms with Crippen LogP contribution in [0.4, 0.5) is 5.82 Å². The molecule has 0 aromatic carbocycles. The molecule has 1 N–H and O–H groups in total. The summed E-state index contributed by atoms with van der Waals surface area (Å²) < 4.78 is 7.79. The summed E-state index contributed by atoms with van der Waals surface area (Å²) in [5.41, 5.74) is 3.17. The van der Waals surface area contributed by atoms with Crippen molar-refractivity contribution in [3.63, 3.8) is 0 Å². The molecule has 3 aromatic rings. The molecule has 0 aliphatic heterocycles. The van der Waals surface area contributed by atoms with E-state index in [1.165, 1.54) is 36.1 Å². The van der Waals surface area contributed by atoms with E-state index in [1.54, 1.807) is 11.3 Å². The third-order valence-electron chi connectivity index (χ3n) is 4.41. The number of imidazole rings is 1. The summed E-state index contributed by atoms with van der Waals surface area (Å²) >= 11 is 1.72. The molecule has 1 aliphatic carbocycles. The summed E-state index contributed by atoms with van der Waals surface area (Å²) in [4.78, 5) is 5.64. The molecule has 0 saturated heterocycles. The molecule has 0 spiro atoms. The molecule has 0 unspecified atom stereocenters. The van der Waals surface area contributed by atoms with Crippen molar-refractivity contribution >= 4 is 22.8 Å². The van der Waals surface area contributed by atoms with Crippen molar-refractivity contribution in [3.8, 4) is 10.6 Å². The second kappa shape index (κ2) is 6.91. The lowest BCUT2D eigenvalue weighted by molar-refractivity contribution is 0.0658. The number of fused-ring (bicyclic) bond motifs is 1. The first-order chi connectivity index (χ1) is 11.8. The summed E-state index contributed by atoms with van der Waals surface area (Å²) in [5, 5.41) is 10.2. The van der Waals surface area contributed by atoms with Crippen LogP contribution in [-0.4, -0.2) is 33.9 Å². The molecule has 3 heterocycles. The van der Waals surface area contributed by atoms with Crippen molar-refractivity contribution in [1.29, 1.82) is 0 Å². The van der Waals surface area contributed by atoms with E-state index in [0.717, 1.165) is 30.3 Å². The smallest absolute Gasteiger partial charge is 0.154 e. The first-order valence-electron chi connectivity index (χ1n) is 8.55. The van der Waals surface area contributed by atoms with Gasteiger partial charge in [0, 0.05) is 6.54 Å².